The minimum atomic E-state index is -2.43. The van der Waals surface area contributed by atoms with E-state index in [1.807, 2.05) is 0 Å². The molecule has 26 heavy (non-hydrogen) atoms. The number of ketones is 2. The van der Waals surface area contributed by atoms with Crippen LogP contribution in [0.1, 0.15) is 84.0 Å². The van der Waals surface area contributed by atoms with Gasteiger partial charge in [-0.1, -0.05) is 51.2 Å². The molecule has 1 fully saturated rings. The summed E-state index contributed by atoms with van der Waals surface area (Å²) in [4.78, 5) is 23.3. The third-order valence-electron chi connectivity index (χ3n) is 5.39. The summed E-state index contributed by atoms with van der Waals surface area (Å²) in [5.74, 6) is -2.61. The van der Waals surface area contributed by atoms with Crippen LogP contribution in [0.5, 0.6) is 0 Å². The van der Waals surface area contributed by atoms with Crippen LogP contribution in [0.25, 0.3) is 0 Å². The minimum Gasteiger partial charge on any atom is -0.388 e. The second-order valence-corrected chi connectivity index (χ2v) is 7.55. The van der Waals surface area contributed by atoms with Gasteiger partial charge in [0, 0.05) is 18.8 Å². The molecule has 5 heteroatoms. The largest absolute Gasteiger partial charge is 0.388 e. The smallest absolute Gasteiger partial charge is 0.226 e. The maximum absolute atomic E-state index is 12.1. The highest BCUT2D eigenvalue weighted by Crippen LogP contribution is 2.34. The van der Waals surface area contributed by atoms with E-state index in [4.69, 9.17) is 5.11 Å². The molecule has 0 bridgehead atoms. The van der Waals surface area contributed by atoms with E-state index in [2.05, 4.69) is 19.1 Å². The average molecular weight is 369 g/mol. The van der Waals surface area contributed by atoms with Crippen molar-refractivity contribution in [2.24, 2.45) is 11.8 Å². The summed E-state index contributed by atoms with van der Waals surface area (Å²) in [6.45, 7) is 1.34. The quantitative estimate of drug-likeness (QED) is 0.248. The van der Waals surface area contributed by atoms with Gasteiger partial charge in [-0.15, -0.1) is 0 Å². The molecular weight excluding hydrogens is 332 g/mol. The third kappa shape index (κ3) is 8.11. The van der Waals surface area contributed by atoms with Gasteiger partial charge >= 0.3 is 0 Å². The van der Waals surface area contributed by atoms with Crippen molar-refractivity contribution in [1.82, 2.24) is 0 Å². The molecule has 0 aromatic carbocycles. The number of Topliss-reactive ketones (excluding diaryl/α,β-unsaturated/α-hetero) is 2. The summed E-state index contributed by atoms with van der Waals surface area (Å²) < 4.78 is 0. The highest BCUT2D eigenvalue weighted by Gasteiger charge is 2.33. The number of aliphatic hydroxyl groups excluding tert-OH is 1. The molecular formula is C21H36O5. The first-order valence-corrected chi connectivity index (χ1v) is 10.2. The van der Waals surface area contributed by atoms with E-state index in [1.54, 1.807) is 0 Å². The molecule has 0 spiro atoms. The zero-order valence-corrected chi connectivity index (χ0v) is 16.2. The van der Waals surface area contributed by atoms with E-state index in [-0.39, 0.29) is 12.3 Å². The van der Waals surface area contributed by atoms with Gasteiger partial charge in [-0.25, -0.2) is 0 Å². The van der Waals surface area contributed by atoms with Crippen molar-refractivity contribution in [3.63, 3.8) is 0 Å². The molecule has 0 radical (unpaired) electrons. The Balaban J connectivity index is 2.27. The van der Waals surface area contributed by atoms with Crippen molar-refractivity contribution in [2.45, 2.75) is 89.8 Å². The van der Waals surface area contributed by atoms with E-state index < -0.39 is 18.2 Å². The van der Waals surface area contributed by atoms with Gasteiger partial charge in [0.15, 0.2) is 0 Å². The molecule has 1 rings (SSSR count). The van der Waals surface area contributed by atoms with Crippen molar-refractivity contribution >= 4 is 11.6 Å². The molecule has 1 saturated carbocycles. The number of rotatable bonds is 14. The molecule has 0 heterocycles. The zero-order chi connectivity index (χ0) is 19.4. The lowest BCUT2D eigenvalue weighted by Gasteiger charge is -2.19. The fourth-order valence-electron chi connectivity index (χ4n) is 3.68. The predicted octanol–water partition coefficient (Wildman–Crippen LogP) is 3.30. The molecule has 5 nitrogen and oxygen atoms in total. The van der Waals surface area contributed by atoms with E-state index >= 15 is 0 Å². The lowest BCUT2D eigenvalue weighted by atomic mass is 9.89. The Morgan fingerprint density at radius 2 is 1.88 bits per heavy atom. The standard InChI is InChI=1S/C21H36O5/c1-2-3-4-5-6-8-11-17-13-14-19(23)18(17)12-9-7-10-15-21(25,26)20(24)16-22/h8,11,17-18,22,25-26H,2-7,9-10,12-16H2,1H3/t17-,18+/m0/s1. The molecule has 0 aliphatic heterocycles. The van der Waals surface area contributed by atoms with Gasteiger partial charge in [0.05, 0.1) is 0 Å². The fourth-order valence-corrected chi connectivity index (χ4v) is 3.68. The highest BCUT2D eigenvalue weighted by atomic mass is 16.5. The molecule has 2 atom stereocenters. The molecule has 3 N–H and O–H groups in total. The number of carbonyl (C=O) groups is 2. The monoisotopic (exact) mass is 368 g/mol. The summed E-state index contributed by atoms with van der Waals surface area (Å²) >= 11 is 0. The normalized spacial score (nSPS) is 21.0. The van der Waals surface area contributed by atoms with Gasteiger partial charge in [-0.05, 0) is 38.0 Å². The van der Waals surface area contributed by atoms with Gasteiger partial charge < -0.3 is 15.3 Å². The van der Waals surface area contributed by atoms with Gasteiger partial charge in [0.25, 0.3) is 0 Å². The molecule has 0 aromatic rings. The van der Waals surface area contributed by atoms with Crippen LogP contribution in [-0.4, -0.2) is 39.3 Å². The maximum Gasteiger partial charge on any atom is 0.226 e. The Morgan fingerprint density at radius 1 is 1.15 bits per heavy atom. The van der Waals surface area contributed by atoms with Crippen molar-refractivity contribution in [2.75, 3.05) is 6.61 Å². The Labute approximate surface area is 157 Å². The SMILES string of the molecule is CCCCCCC=C[C@H]1CCC(=O)[C@@H]1CCCCCC(O)(O)C(=O)CO. The van der Waals surface area contributed by atoms with Crippen LogP contribution in [0, 0.1) is 11.8 Å². The number of carbonyl (C=O) groups excluding carboxylic acids is 2. The average Bonchev–Trinajstić information content (AvgIpc) is 2.97. The summed E-state index contributed by atoms with van der Waals surface area (Å²) in [7, 11) is 0. The number of hydrogen-bond donors (Lipinski definition) is 3. The first-order valence-electron chi connectivity index (χ1n) is 10.2. The van der Waals surface area contributed by atoms with Crippen molar-refractivity contribution in [3.8, 4) is 0 Å². The van der Waals surface area contributed by atoms with Crippen LogP contribution in [0.15, 0.2) is 12.2 Å². The van der Waals surface area contributed by atoms with Gasteiger partial charge in [-0.3, -0.25) is 9.59 Å². The maximum atomic E-state index is 12.1. The number of hydrogen-bond acceptors (Lipinski definition) is 5. The Kier molecular flexibility index (Phi) is 10.9. The predicted molar refractivity (Wildman–Crippen MR) is 101 cm³/mol. The van der Waals surface area contributed by atoms with E-state index in [0.717, 1.165) is 32.1 Å². The molecule has 0 saturated heterocycles. The number of allylic oxidation sites excluding steroid dienone is 2. The number of aliphatic hydroxyl groups is 3. The zero-order valence-electron chi connectivity index (χ0n) is 16.2. The minimum absolute atomic E-state index is 0.0773. The Morgan fingerprint density at radius 3 is 2.58 bits per heavy atom. The van der Waals surface area contributed by atoms with Crippen LogP contribution in [0.4, 0.5) is 0 Å². The lowest BCUT2D eigenvalue weighted by molar-refractivity contribution is -0.187. The van der Waals surface area contributed by atoms with Crippen molar-refractivity contribution < 1.29 is 24.9 Å². The van der Waals surface area contributed by atoms with Crippen molar-refractivity contribution in [1.29, 1.82) is 0 Å². The number of unbranched alkanes of at least 4 members (excludes halogenated alkanes) is 6. The molecule has 0 unspecified atom stereocenters. The Bertz CT molecular complexity index is 455. The summed E-state index contributed by atoms with van der Waals surface area (Å²) in [6.07, 6.45) is 15.0. The molecule has 0 aromatic heterocycles. The van der Waals surface area contributed by atoms with E-state index in [0.29, 0.717) is 24.5 Å². The van der Waals surface area contributed by atoms with Crippen LogP contribution >= 0.6 is 0 Å². The summed E-state index contributed by atoms with van der Waals surface area (Å²) in [5, 5.41) is 27.8. The van der Waals surface area contributed by atoms with Crippen molar-refractivity contribution in [3.05, 3.63) is 12.2 Å². The summed E-state index contributed by atoms with van der Waals surface area (Å²) in [5.41, 5.74) is 0. The second kappa shape index (κ2) is 12.4. The molecule has 0 amide bonds. The first-order chi connectivity index (χ1) is 12.4. The molecule has 150 valence electrons. The third-order valence-corrected chi connectivity index (χ3v) is 5.39. The fraction of sp³-hybridized carbons (Fsp3) is 0.810. The topological polar surface area (TPSA) is 94.8 Å². The van der Waals surface area contributed by atoms with E-state index in [9.17, 15) is 19.8 Å². The second-order valence-electron chi connectivity index (χ2n) is 7.55. The molecule has 1 aliphatic rings. The van der Waals surface area contributed by atoms with Crippen LogP contribution in [-0.2, 0) is 9.59 Å². The van der Waals surface area contributed by atoms with Gasteiger partial charge in [0.1, 0.15) is 12.4 Å². The lowest BCUT2D eigenvalue weighted by Crippen LogP contribution is -2.40. The van der Waals surface area contributed by atoms with Crippen LogP contribution in [0.3, 0.4) is 0 Å². The van der Waals surface area contributed by atoms with Gasteiger partial charge in [-0.2, -0.15) is 0 Å². The first kappa shape index (κ1) is 23.0. The Hall–Kier alpha value is -1.04. The van der Waals surface area contributed by atoms with Gasteiger partial charge in [0.2, 0.25) is 11.6 Å². The highest BCUT2D eigenvalue weighted by molar-refractivity contribution is 5.86. The van der Waals surface area contributed by atoms with Crippen LogP contribution in [0.2, 0.25) is 0 Å². The van der Waals surface area contributed by atoms with E-state index in [1.165, 1.54) is 25.7 Å². The summed E-state index contributed by atoms with van der Waals surface area (Å²) in [6, 6.07) is 0. The molecule has 1 aliphatic carbocycles. The van der Waals surface area contributed by atoms with Crippen LogP contribution < -0.4 is 0 Å².